The Labute approximate surface area is 141 Å². The molecule has 2 rings (SSSR count). The number of primary amides is 1. The van der Waals surface area contributed by atoms with E-state index in [4.69, 9.17) is 5.73 Å². The van der Waals surface area contributed by atoms with Gasteiger partial charge in [0.2, 0.25) is 5.91 Å². The molecule has 0 unspecified atom stereocenters. The highest BCUT2D eigenvalue weighted by atomic mass is 16.3. The number of carbonyl (C=O) groups excluding carboxylic acids is 2. The molecule has 2 aromatic rings. The molecule has 0 aliphatic carbocycles. The standard InChI is InChI=1S/C19H22N2O3/c20-18(23)5-3-1-2-4-14-6-8-15(9-7-14)19(24)21-16-10-12-17(22)13-11-16/h6-13,22H,1-5H2,(H2,20,23)(H,21,24). The average molecular weight is 326 g/mol. The van der Waals surface area contributed by atoms with Gasteiger partial charge in [0.15, 0.2) is 0 Å². The van der Waals surface area contributed by atoms with Gasteiger partial charge in [-0.25, -0.2) is 0 Å². The number of nitrogens with one attached hydrogen (secondary N) is 1. The number of hydrogen-bond acceptors (Lipinski definition) is 3. The second kappa shape index (κ2) is 8.72. The van der Waals surface area contributed by atoms with Crippen molar-refractivity contribution in [2.45, 2.75) is 32.1 Å². The van der Waals surface area contributed by atoms with Gasteiger partial charge in [-0.2, -0.15) is 0 Å². The Morgan fingerprint density at radius 2 is 1.58 bits per heavy atom. The fraction of sp³-hybridized carbons (Fsp3) is 0.263. The van der Waals surface area contributed by atoms with Crippen molar-refractivity contribution in [2.24, 2.45) is 5.73 Å². The summed E-state index contributed by atoms with van der Waals surface area (Å²) in [5, 5.41) is 12.0. The molecular formula is C19H22N2O3. The number of nitrogens with two attached hydrogens (primary N) is 1. The molecule has 0 aromatic heterocycles. The lowest BCUT2D eigenvalue weighted by atomic mass is 10.0. The molecule has 24 heavy (non-hydrogen) atoms. The van der Waals surface area contributed by atoms with E-state index < -0.39 is 0 Å². The Morgan fingerprint density at radius 3 is 2.21 bits per heavy atom. The van der Waals surface area contributed by atoms with E-state index in [9.17, 15) is 14.7 Å². The quantitative estimate of drug-likeness (QED) is 0.513. The summed E-state index contributed by atoms with van der Waals surface area (Å²) in [6.07, 6.45) is 4.13. The molecule has 0 aliphatic heterocycles. The lowest BCUT2D eigenvalue weighted by Crippen LogP contribution is -2.11. The highest BCUT2D eigenvalue weighted by molar-refractivity contribution is 6.04. The SMILES string of the molecule is NC(=O)CCCCCc1ccc(C(=O)Nc2ccc(O)cc2)cc1. The monoisotopic (exact) mass is 326 g/mol. The van der Waals surface area contributed by atoms with Gasteiger partial charge >= 0.3 is 0 Å². The molecule has 0 fully saturated rings. The number of carbonyl (C=O) groups is 2. The summed E-state index contributed by atoms with van der Waals surface area (Å²) in [6.45, 7) is 0. The van der Waals surface area contributed by atoms with Crippen molar-refractivity contribution in [3.05, 3.63) is 59.7 Å². The Hall–Kier alpha value is -2.82. The summed E-state index contributed by atoms with van der Waals surface area (Å²) in [5.41, 5.74) is 7.49. The normalized spacial score (nSPS) is 10.3. The van der Waals surface area contributed by atoms with Crippen LogP contribution < -0.4 is 11.1 Å². The van der Waals surface area contributed by atoms with E-state index in [0.29, 0.717) is 17.7 Å². The summed E-state index contributed by atoms with van der Waals surface area (Å²) in [4.78, 5) is 22.8. The topological polar surface area (TPSA) is 92.4 Å². The van der Waals surface area contributed by atoms with Gasteiger partial charge in [-0.05, 0) is 61.2 Å². The Balaban J connectivity index is 1.81. The first-order chi connectivity index (χ1) is 11.5. The molecule has 0 bridgehead atoms. The first-order valence-electron chi connectivity index (χ1n) is 8.02. The van der Waals surface area contributed by atoms with Crippen LogP contribution in [-0.2, 0) is 11.2 Å². The highest BCUT2D eigenvalue weighted by Crippen LogP contribution is 2.15. The number of unbranched alkanes of at least 4 members (excludes halogenated alkanes) is 2. The van der Waals surface area contributed by atoms with Gasteiger partial charge < -0.3 is 16.2 Å². The number of aromatic hydroxyl groups is 1. The van der Waals surface area contributed by atoms with E-state index >= 15 is 0 Å². The largest absolute Gasteiger partial charge is 0.508 e. The lowest BCUT2D eigenvalue weighted by Gasteiger charge is -2.07. The van der Waals surface area contributed by atoms with Crippen LogP contribution in [0, 0.1) is 0 Å². The number of hydrogen-bond donors (Lipinski definition) is 3. The van der Waals surface area contributed by atoms with E-state index in [2.05, 4.69) is 5.32 Å². The van der Waals surface area contributed by atoms with E-state index in [1.165, 1.54) is 12.1 Å². The molecule has 0 atom stereocenters. The van der Waals surface area contributed by atoms with Crippen LogP contribution in [-0.4, -0.2) is 16.9 Å². The van der Waals surface area contributed by atoms with Gasteiger partial charge in [0.1, 0.15) is 5.75 Å². The lowest BCUT2D eigenvalue weighted by molar-refractivity contribution is -0.118. The first kappa shape index (κ1) is 17.5. The van der Waals surface area contributed by atoms with Gasteiger partial charge in [0.25, 0.3) is 5.91 Å². The zero-order valence-corrected chi connectivity index (χ0v) is 13.5. The van der Waals surface area contributed by atoms with Crippen LogP contribution in [0.3, 0.4) is 0 Å². The molecule has 2 aromatic carbocycles. The van der Waals surface area contributed by atoms with Crippen LogP contribution >= 0.6 is 0 Å². The third kappa shape index (κ3) is 5.76. The zero-order chi connectivity index (χ0) is 17.4. The number of anilines is 1. The predicted molar refractivity (Wildman–Crippen MR) is 93.9 cm³/mol. The maximum atomic E-state index is 12.2. The van der Waals surface area contributed by atoms with Crippen LogP contribution in [0.25, 0.3) is 0 Å². The van der Waals surface area contributed by atoms with Crippen molar-refractivity contribution in [1.82, 2.24) is 0 Å². The molecular weight excluding hydrogens is 304 g/mol. The first-order valence-corrected chi connectivity index (χ1v) is 8.02. The van der Waals surface area contributed by atoms with Crippen LogP contribution in [0.5, 0.6) is 5.75 Å². The number of phenolic OH excluding ortho intramolecular Hbond substituents is 1. The predicted octanol–water partition coefficient (Wildman–Crippen LogP) is 3.23. The molecule has 5 nitrogen and oxygen atoms in total. The highest BCUT2D eigenvalue weighted by Gasteiger charge is 2.06. The van der Waals surface area contributed by atoms with Gasteiger partial charge in [-0.3, -0.25) is 9.59 Å². The van der Waals surface area contributed by atoms with Crippen LogP contribution in [0.15, 0.2) is 48.5 Å². The Kier molecular flexibility index (Phi) is 6.37. The van der Waals surface area contributed by atoms with E-state index in [0.717, 1.165) is 31.2 Å². The summed E-state index contributed by atoms with van der Waals surface area (Å²) < 4.78 is 0. The van der Waals surface area contributed by atoms with Crippen LogP contribution in [0.1, 0.15) is 41.6 Å². The van der Waals surface area contributed by atoms with Gasteiger partial charge in [-0.15, -0.1) is 0 Å². The smallest absolute Gasteiger partial charge is 0.255 e. The average Bonchev–Trinajstić information content (AvgIpc) is 2.57. The fourth-order valence-electron chi connectivity index (χ4n) is 2.38. The third-order valence-corrected chi connectivity index (χ3v) is 3.73. The number of rotatable bonds is 8. The summed E-state index contributed by atoms with van der Waals surface area (Å²) in [6, 6.07) is 13.8. The fourth-order valence-corrected chi connectivity index (χ4v) is 2.38. The molecule has 0 radical (unpaired) electrons. The second-order valence-corrected chi connectivity index (χ2v) is 5.72. The van der Waals surface area contributed by atoms with Crippen LogP contribution in [0.2, 0.25) is 0 Å². The van der Waals surface area contributed by atoms with Crippen molar-refractivity contribution < 1.29 is 14.7 Å². The van der Waals surface area contributed by atoms with Crippen molar-refractivity contribution in [2.75, 3.05) is 5.32 Å². The molecule has 126 valence electrons. The minimum Gasteiger partial charge on any atom is -0.508 e. The molecule has 5 heteroatoms. The maximum absolute atomic E-state index is 12.2. The number of phenols is 1. The van der Waals surface area contributed by atoms with Crippen molar-refractivity contribution in [3.63, 3.8) is 0 Å². The minimum absolute atomic E-state index is 0.160. The Morgan fingerprint density at radius 1 is 0.917 bits per heavy atom. The molecule has 2 amide bonds. The molecule has 0 heterocycles. The third-order valence-electron chi connectivity index (χ3n) is 3.73. The van der Waals surface area contributed by atoms with Crippen LogP contribution in [0.4, 0.5) is 5.69 Å². The van der Waals surface area contributed by atoms with Gasteiger partial charge in [0, 0.05) is 17.7 Å². The molecule has 0 saturated heterocycles. The van der Waals surface area contributed by atoms with Crippen molar-refractivity contribution >= 4 is 17.5 Å². The van der Waals surface area contributed by atoms with E-state index in [1.54, 1.807) is 24.3 Å². The van der Waals surface area contributed by atoms with Gasteiger partial charge in [0.05, 0.1) is 0 Å². The van der Waals surface area contributed by atoms with Crippen molar-refractivity contribution in [3.8, 4) is 5.75 Å². The number of aryl methyl sites for hydroxylation is 1. The summed E-state index contributed by atoms with van der Waals surface area (Å²) >= 11 is 0. The molecule has 4 N–H and O–H groups in total. The molecule has 0 aliphatic rings. The minimum atomic E-state index is -0.251. The second-order valence-electron chi connectivity index (χ2n) is 5.72. The van der Waals surface area contributed by atoms with Gasteiger partial charge in [-0.1, -0.05) is 18.6 Å². The number of amides is 2. The zero-order valence-electron chi connectivity index (χ0n) is 13.5. The van der Waals surface area contributed by atoms with E-state index in [-0.39, 0.29) is 17.6 Å². The summed E-state index contributed by atoms with van der Waals surface area (Å²) in [5.74, 6) is -0.277. The van der Waals surface area contributed by atoms with E-state index in [1.807, 2.05) is 12.1 Å². The number of benzene rings is 2. The van der Waals surface area contributed by atoms with Crippen molar-refractivity contribution in [1.29, 1.82) is 0 Å². The molecule has 0 spiro atoms. The maximum Gasteiger partial charge on any atom is 0.255 e. The summed E-state index contributed by atoms with van der Waals surface area (Å²) in [7, 11) is 0. The Bertz CT molecular complexity index is 679. The molecule has 0 saturated carbocycles.